The molecule has 0 spiro atoms. The van der Waals surface area contributed by atoms with Gasteiger partial charge in [-0.2, -0.15) is 12.1 Å². The van der Waals surface area contributed by atoms with Gasteiger partial charge < -0.3 is 9.13 Å². The molecule has 0 atom stereocenters. The summed E-state index contributed by atoms with van der Waals surface area (Å²) in [6, 6.07) is 58.0. The number of fused-ring (bicyclic) bond motifs is 8. The van der Waals surface area contributed by atoms with E-state index in [1.54, 1.807) is 23.3 Å². The first-order valence-corrected chi connectivity index (χ1v) is 25.6. The number of hydrogen-bond donors (Lipinski definition) is 0. The van der Waals surface area contributed by atoms with Crippen molar-refractivity contribution in [2.75, 3.05) is 0 Å². The summed E-state index contributed by atoms with van der Waals surface area (Å²) in [4.78, 5) is 0. The van der Waals surface area contributed by atoms with Crippen molar-refractivity contribution >= 4 is 95.4 Å². The van der Waals surface area contributed by atoms with Crippen molar-refractivity contribution in [1.29, 1.82) is 0 Å². The Morgan fingerprint density at radius 2 is 0.750 bits per heavy atom. The van der Waals surface area contributed by atoms with Crippen LogP contribution in [0.2, 0.25) is 13.1 Å². The molecule has 2 aromatic heterocycles. The van der Waals surface area contributed by atoms with Crippen molar-refractivity contribution in [2.24, 2.45) is 0 Å². The van der Waals surface area contributed by atoms with Gasteiger partial charge in [0.2, 0.25) is 0 Å². The van der Waals surface area contributed by atoms with Crippen LogP contribution in [0.5, 0.6) is 0 Å². The van der Waals surface area contributed by atoms with Crippen LogP contribution >= 0.6 is 24.8 Å². The molecule has 56 heavy (non-hydrogen) atoms. The maximum Gasteiger partial charge on any atom is 0.0532 e. The molecule has 8 aromatic carbocycles. The minimum atomic E-state index is 0. The van der Waals surface area contributed by atoms with E-state index in [0.717, 1.165) is 11.8 Å². The third-order valence-corrected chi connectivity index (χ3v) is 11.2. The topological polar surface area (TPSA) is 9.86 Å². The molecule has 10 aromatic rings. The van der Waals surface area contributed by atoms with Crippen molar-refractivity contribution in [1.82, 2.24) is 9.13 Å². The standard InChI is InChI=1S/2C24H18N.C2H6Si.2ClH.Zr/c2*1-3-9-22-19(7-1)20-8-2-4-10-23(20)25(22)24-11-5-6-17-14-18(15-21(17)24)16-12-13-16;1-3-2;;;/h2*1-11,14-16H,12-13H2;1-2H3;2*1H;/q2*-1;;;;+2. The van der Waals surface area contributed by atoms with Gasteiger partial charge in [0.25, 0.3) is 0 Å². The number of hydrogen-bond acceptors (Lipinski definition) is 0. The molecule has 276 valence electrons. The van der Waals surface area contributed by atoms with E-state index in [-0.39, 0.29) is 30.2 Å². The van der Waals surface area contributed by atoms with Crippen molar-refractivity contribution < 1.29 is 23.3 Å². The second kappa shape index (κ2) is 16.0. The first-order chi connectivity index (χ1) is 26.5. The zero-order valence-corrected chi connectivity index (χ0v) is 36.8. The van der Waals surface area contributed by atoms with Crippen molar-refractivity contribution in [3.8, 4) is 11.4 Å². The van der Waals surface area contributed by atoms with Gasteiger partial charge in [0.05, 0.1) is 22.1 Å². The molecule has 2 aliphatic carbocycles. The molecule has 2 aliphatic rings. The molecule has 2 fully saturated rings. The molecule has 2 saturated carbocycles. The normalized spacial score (nSPS) is 13.6. The van der Waals surface area contributed by atoms with E-state index in [9.17, 15) is 0 Å². The maximum absolute atomic E-state index is 2.43. The van der Waals surface area contributed by atoms with Gasteiger partial charge in [-0.25, -0.2) is 0 Å². The fraction of sp³-hybridized carbons (Fsp3) is 0.160. The molecule has 0 radical (unpaired) electrons. The summed E-state index contributed by atoms with van der Waals surface area (Å²) in [5.41, 5.74) is 11.0. The molecular formula is C50H44Cl2N2SiZr. The van der Waals surface area contributed by atoms with Crippen LogP contribution < -0.4 is 0 Å². The Morgan fingerprint density at radius 3 is 1.05 bits per heavy atom. The number of benzene rings is 6. The van der Waals surface area contributed by atoms with Crippen LogP contribution in [0.25, 0.3) is 76.5 Å². The average molecular weight is 863 g/mol. The Labute approximate surface area is 356 Å². The van der Waals surface area contributed by atoms with Crippen LogP contribution in [-0.4, -0.2) is 14.6 Å². The van der Waals surface area contributed by atoms with E-state index in [0.29, 0.717) is 0 Å². The Morgan fingerprint density at radius 1 is 0.446 bits per heavy atom. The first kappa shape index (κ1) is 38.7. The number of para-hydroxylation sites is 4. The number of halogens is 2. The summed E-state index contributed by atoms with van der Waals surface area (Å²) in [6.45, 7) is 4.62. The van der Waals surface area contributed by atoms with E-state index in [2.05, 4.69) is 180 Å². The second-order valence-corrected chi connectivity index (χ2v) is 24.8. The SMILES string of the molecule is C[Si](C)=[Zr+2].Cl.Cl.c1cc(-n2c3ccccc3c3ccccc32)c2cc(C3CC3)[cH-]c2c1.c1cc(-n2c3ccccc3c3ccccc32)c2cc(C3CC3)[cH-]c2c1. The van der Waals surface area contributed by atoms with Crippen LogP contribution in [0.15, 0.2) is 158 Å². The molecule has 12 rings (SSSR count). The van der Waals surface area contributed by atoms with Crippen LogP contribution in [-0.2, 0) is 23.3 Å². The van der Waals surface area contributed by atoms with Crippen LogP contribution in [0.1, 0.15) is 48.6 Å². The van der Waals surface area contributed by atoms with Gasteiger partial charge in [0.1, 0.15) is 0 Å². The molecule has 6 heteroatoms. The van der Waals surface area contributed by atoms with Crippen molar-refractivity contribution in [2.45, 2.75) is 50.6 Å². The first-order valence-electron chi connectivity index (χ1n) is 19.4. The van der Waals surface area contributed by atoms with Gasteiger partial charge in [0, 0.05) is 32.9 Å². The molecule has 0 amide bonds. The van der Waals surface area contributed by atoms with Crippen LogP contribution in [0.4, 0.5) is 0 Å². The van der Waals surface area contributed by atoms with Gasteiger partial charge in [-0.1, -0.05) is 84.9 Å². The fourth-order valence-corrected chi connectivity index (χ4v) is 8.54. The summed E-state index contributed by atoms with van der Waals surface area (Å²) in [5.74, 6) is 1.58. The summed E-state index contributed by atoms with van der Waals surface area (Å²) in [6.07, 6.45) is 5.39. The molecule has 0 unspecified atom stereocenters. The zero-order valence-electron chi connectivity index (χ0n) is 31.7. The monoisotopic (exact) mass is 860 g/mol. The maximum atomic E-state index is 2.43. The average Bonchev–Trinajstić information content (AvgIpc) is 4.08. The van der Waals surface area contributed by atoms with Gasteiger partial charge in [-0.15, -0.1) is 93.9 Å². The molecular weight excluding hydrogens is 819 g/mol. The predicted molar refractivity (Wildman–Crippen MR) is 244 cm³/mol. The summed E-state index contributed by atoms with van der Waals surface area (Å²) in [5, 5.41) is 10.8. The van der Waals surface area contributed by atoms with Gasteiger partial charge in [-0.3, -0.25) is 0 Å². The molecule has 0 N–H and O–H groups in total. The van der Waals surface area contributed by atoms with E-state index in [1.807, 2.05) is 0 Å². The minimum absolute atomic E-state index is 0. The van der Waals surface area contributed by atoms with E-state index in [1.165, 1.54) is 113 Å². The quantitative estimate of drug-likeness (QED) is 0.123. The summed E-state index contributed by atoms with van der Waals surface area (Å²) >= 11 is 1.74. The number of nitrogens with zero attached hydrogens (tertiary/aromatic N) is 2. The van der Waals surface area contributed by atoms with Gasteiger partial charge in [0.15, 0.2) is 0 Å². The van der Waals surface area contributed by atoms with Gasteiger partial charge >= 0.3 is 41.9 Å². The third-order valence-electron chi connectivity index (χ3n) is 11.2. The Hall–Kier alpha value is -4.18. The van der Waals surface area contributed by atoms with E-state index >= 15 is 0 Å². The Bertz CT molecular complexity index is 2720. The number of aromatic nitrogens is 2. The second-order valence-electron chi connectivity index (χ2n) is 15.4. The molecule has 2 heterocycles. The third kappa shape index (κ3) is 7.05. The summed E-state index contributed by atoms with van der Waals surface area (Å²) in [7, 11) is 0. The molecule has 0 saturated heterocycles. The van der Waals surface area contributed by atoms with Crippen molar-refractivity contribution in [3.63, 3.8) is 0 Å². The Balaban J connectivity index is 0.000000140. The van der Waals surface area contributed by atoms with Crippen LogP contribution in [0, 0.1) is 0 Å². The molecule has 0 aliphatic heterocycles. The molecule has 0 bridgehead atoms. The molecule has 2 nitrogen and oxygen atoms in total. The predicted octanol–water partition coefficient (Wildman–Crippen LogP) is 14.7. The largest absolute Gasteiger partial charge is 0.318 e. The van der Waals surface area contributed by atoms with Gasteiger partial charge in [-0.05, 0) is 61.8 Å². The minimum Gasteiger partial charge on any atom is -0.318 e. The Kier molecular flexibility index (Phi) is 11.0. The smallest absolute Gasteiger partial charge is 0.0532 e. The zero-order chi connectivity index (χ0) is 36.3. The summed E-state index contributed by atoms with van der Waals surface area (Å²) < 4.78 is 4.87. The fourth-order valence-electron chi connectivity index (χ4n) is 8.54. The van der Waals surface area contributed by atoms with E-state index < -0.39 is 0 Å². The van der Waals surface area contributed by atoms with Crippen molar-refractivity contribution in [3.05, 3.63) is 169 Å². The van der Waals surface area contributed by atoms with Crippen LogP contribution in [0.3, 0.4) is 0 Å². The number of rotatable bonds is 4. The van der Waals surface area contributed by atoms with E-state index in [4.69, 9.17) is 0 Å².